The van der Waals surface area contributed by atoms with Crippen molar-refractivity contribution in [2.45, 2.75) is 6.18 Å². The van der Waals surface area contributed by atoms with E-state index >= 15 is 0 Å². The van der Waals surface area contributed by atoms with Crippen LogP contribution in [0.5, 0.6) is 0 Å². The fourth-order valence-electron chi connectivity index (χ4n) is 1.52. The Hall–Kier alpha value is -2.48. The quantitative estimate of drug-likeness (QED) is 0.634. The molecule has 2 aromatic rings. The second-order valence-electron chi connectivity index (χ2n) is 3.83. The Morgan fingerprint density at radius 3 is 2.68 bits per heavy atom. The number of halogens is 5. The number of aromatic nitrogens is 4. The summed E-state index contributed by atoms with van der Waals surface area (Å²) in [6.07, 6.45) is -3.98. The monoisotopic (exact) mass is 376 g/mol. The molecule has 1 heterocycles. The highest BCUT2D eigenvalue weighted by molar-refractivity contribution is 9.10. The fourth-order valence-corrected chi connectivity index (χ4v) is 1.85. The molecular weight excluding hydrogens is 372 g/mol. The van der Waals surface area contributed by atoms with Gasteiger partial charge in [0.2, 0.25) is 5.82 Å². The van der Waals surface area contributed by atoms with Gasteiger partial charge in [-0.2, -0.15) is 23.6 Å². The average molecular weight is 377 g/mol. The van der Waals surface area contributed by atoms with Crippen molar-refractivity contribution in [3.63, 3.8) is 0 Å². The summed E-state index contributed by atoms with van der Waals surface area (Å²) in [5.41, 5.74) is -2.21. The fraction of sp³-hybridized carbons (Fsp3) is 0.0909. The van der Waals surface area contributed by atoms with E-state index in [9.17, 15) is 17.6 Å². The van der Waals surface area contributed by atoms with Crippen molar-refractivity contribution in [1.82, 2.24) is 20.6 Å². The van der Waals surface area contributed by atoms with Crippen molar-refractivity contribution in [3.05, 3.63) is 40.0 Å². The van der Waals surface area contributed by atoms with Crippen molar-refractivity contribution in [1.29, 1.82) is 5.26 Å². The molecule has 22 heavy (non-hydrogen) atoms. The number of tetrazole rings is 1. The zero-order valence-electron chi connectivity index (χ0n) is 10.4. The lowest BCUT2D eigenvalue weighted by molar-refractivity contribution is -0.139. The van der Waals surface area contributed by atoms with Crippen LogP contribution in [0.1, 0.15) is 11.4 Å². The zero-order chi connectivity index (χ0) is 16.3. The smallest absolute Gasteiger partial charge is 0.360 e. The number of alkyl halides is 3. The summed E-state index contributed by atoms with van der Waals surface area (Å²) in [4.78, 5) is 0. The highest BCUT2D eigenvalue weighted by Crippen LogP contribution is 2.39. The zero-order valence-corrected chi connectivity index (χ0v) is 12.0. The van der Waals surface area contributed by atoms with Gasteiger partial charge in [0.25, 0.3) is 0 Å². The number of anilines is 1. The molecule has 6 nitrogen and oxygen atoms in total. The first kappa shape index (κ1) is 15.9. The minimum atomic E-state index is -4.91. The topological polar surface area (TPSA) is 90.3 Å². The molecule has 0 bridgehead atoms. The number of allylic oxidation sites excluding steroid dienone is 1. The molecule has 0 spiro atoms. The van der Waals surface area contributed by atoms with E-state index in [1.165, 1.54) is 0 Å². The van der Waals surface area contributed by atoms with Crippen molar-refractivity contribution in [2.75, 3.05) is 5.32 Å². The van der Waals surface area contributed by atoms with Crippen molar-refractivity contribution >= 4 is 27.2 Å². The second kappa shape index (κ2) is 6.10. The SMILES string of the molecule is N#CC(=CNc1ccc(Br)c(F)c1C(F)(F)F)c1nn[nH]n1. The number of nitrogens with one attached hydrogen (secondary N) is 2. The van der Waals surface area contributed by atoms with Crippen LogP contribution in [0.3, 0.4) is 0 Å². The van der Waals surface area contributed by atoms with Gasteiger partial charge in [-0.1, -0.05) is 0 Å². The molecule has 1 aromatic heterocycles. The minimum absolute atomic E-state index is 0.110. The van der Waals surface area contributed by atoms with E-state index in [1.807, 2.05) is 0 Å². The molecule has 0 saturated heterocycles. The Kier molecular flexibility index (Phi) is 4.41. The van der Waals surface area contributed by atoms with E-state index in [0.29, 0.717) is 0 Å². The molecule has 0 radical (unpaired) electrons. The Morgan fingerprint density at radius 2 is 2.14 bits per heavy atom. The van der Waals surface area contributed by atoms with Crippen LogP contribution in [0.4, 0.5) is 23.2 Å². The molecule has 0 fully saturated rings. The van der Waals surface area contributed by atoms with Gasteiger partial charge in [-0.25, -0.2) is 4.39 Å². The number of nitriles is 1. The van der Waals surface area contributed by atoms with Crippen molar-refractivity contribution < 1.29 is 17.6 Å². The van der Waals surface area contributed by atoms with Gasteiger partial charge in [-0.3, -0.25) is 0 Å². The van der Waals surface area contributed by atoms with Gasteiger partial charge < -0.3 is 5.32 Å². The molecule has 0 aliphatic heterocycles. The number of rotatable bonds is 3. The summed E-state index contributed by atoms with van der Waals surface area (Å²) < 4.78 is 52.2. The summed E-state index contributed by atoms with van der Waals surface area (Å²) in [6.45, 7) is 0. The summed E-state index contributed by atoms with van der Waals surface area (Å²) in [7, 11) is 0. The van der Waals surface area contributed by atoms with E-state index in [2.05, 4.69) is 41.9 Å². The molecular formula is C11H5BrF4N6. The molecule has 11 heteroatoms. The van der Waals surface area contributed by atoms with Crippen LogP contribution in [0, 0.1) is 17.1 Å². The largest absolute Gasteiger partial charge is 0.421 e. The van der Waals surface area contributed by atoms with Crippen LogP contribution in [-0.2, 0) is 6.18 Å². The lowest BCUT2D eigenvalue weighted by Gasteiger charge is -2.14. The highest BCUT2D eigenvalue weighted by atomic mass is 79.9. The van der Waals surface area contributed by atoms with E-state index in [1.54, 1.807) is 6.07 Å². The Bertz CT molecular complexity index is 747. The molecule has 0 unspecified atom stereocenters. The Morgan fingerprint density at radius 1 is 1.41 bits per heavy atom. The van der Waals surface area contributed by atoms with Gasteiger partial charge in [-0.15, -0.1) is 10.2 Å². The van der Waals surface area contributed by atoms with Crippen LogP contribution >= 0.6 is 15.9 Å². The number of aromatic amines is 1. The number of H-pyrrole nitrogens is 1. The standard InChI is InChI=1S/C11H5BrF4N6/c12-6-1-2-7(8(9(6)13)11(14,15)16)18-4-5(3-17)10-19-21-22-20-10/h1-2,4,18H,(H,19,20,21,22). The maximum Gasteiger partial charge on any atom is 0.421 e. The normalized spacial score (nSPS) is 12.1. The third kappa shape index (κ3) is 3.22. The minimum Gasteiger partial charge on any atom is -0.360 e. The van der Waals surface area contributed by atoms with Gasteiger partial charge in [0.1, 0.15) is 17.2 Å². The van der Waals surface area contributed by atoms with Crippen LogP contribution in [-0.4, -0.2) is 20.6 Å². The van der Waals surface area contributed by atoms with Crippen LogP contribution in [0.15, 0.2) is 22.8 Å². The van der Waals surface area contributed by atoms with Crippen LogP contribution < -0.4 is 5.32 Å². The maximum absolute atomic E-state index is 13.7. The average Bonchev–Trinajstić information content (AvgIpc) is 2.96. The molecule has 0 aliphatic carbocycles. The number of benzene rings is 1. The molecule has 0 aliphatic rings. The van der Waals surface area contributed by atoms with Gasteiger partial charge in [-0.05, 0) is 33.3 Å². The lowest BCUT2D eigenvalue weighted by Crippen LogP contribution is -2.12. The summed E-state index contributed by atoms with van der Waals surface area (Å²) >= 11 is 2.69. The predicted molar refractivity (Wildman–Crippen MR) is 70.5 cm³/mol. The third-order valence-corrected chi connectivity index (χ3v) is 3.07. The maximum atomic E-state index is 13.7. The van der Waals surface area contributed by atoms with Gasteiger partial charge in [0, 0.05) is 6.20 Å². The number of hydrogen-bond acceptors (Lipinski definition) is 5. The molecule has 2 rings (SSSR count). The number of hydrogen-bond donors (Lipinski definition) is 2. The lowest BCUT2D eigenvalue weighted by atomic mass is 10.1. The first-order chi connectivity index (χ1) is 10.3. The molecule has 0 atom stereocenters. The van der Waals surface area contributed by atoms with Gasteiger partial charge in [0.05, 0.1) is 10.2 Å². The molecule has 114 valence electrons. The molecule has 2 N–H and O–H groups in total. The van der Waals surface area contributed by atoms with E-state index < -0.39 is 23.2 Å². The van der Waals surface area contributed by atoms with E-state index in [0.717, 1.165) is 18.3 Å². The first-order valence-electron chi connectivity index (χ1n) is 5.50. The summed E-state index contributed by atoms with van der Waals surface area (Å²) in [6, 6.07) is 3.83. The van der Waals surface area contributed by atoms with Crippen LogP contribution in [0.2, 0.25) is 0 Å². The number of nitrogens with zero attached hydrogens (tertiary/aromatic N) is 4. The third-order valence-electron chi connectivity index (χ3n) is 2.46. The molecule has 0 amide bonds. The van der Waals surface area contributed by atoms with Gasteiger partial charge in [0.15, 0.2) is 5.82 Å². The predicted octanol–water partition coefficient (Wildman–Crippen LogP) is 3.10. The Balaban J connectivity index is 2.43. The Labute approximate surface area is 129 Å². The van der Waals surface area contributed by atoms with Gasteiger partial charge >= 0.3 is 6.18 Å². The molecule has 1 aromatic carbocycles. The summed E-state index contributed by atoms with van der Waals surface area (Å²) in [5, 5.41) is 23.5. The molecule has 0 saturated carbocycles. The second-order valence-corrected chi connectivity index (χ2v) is 4.69. The van der Waals surface area contributed by atoms with Crippen LogP contribution in [0.25, 0.3) is 5.57 Å². The first-order valence-corrected chi connectivity index (χ1v) is 6.29. The van der Waals surface area contributed by atoms with Crippen molar-refractivity contribution in [2.24, 2.45) is 0 Å². The summed E-state index contributed by atoms with van der Waals surface area (Å²) in [5.74, 6) is -1.56. The van der Waals surface area contributed by atoms with Crippen molar-refractivity contribution in [3.8, 4) is 6.07 Å². The highest BCUT2D eigenvalue weighted by Gasteiger charge is 2.37. The van der Waals surface area contributed by atoms with E-state index in [-0.39, 0.29) is 15.9 Å². The van der Waals surface area contributed by atoms with E-state index in [4.69, 9.17) is 5.26 Å².